The molecule has 0 amide bonds. The fraction of sp³-hybridized carbons (Fsp3) is 0.211. The monoisotopic (exact) mass is 317 g/mol. The van der Waals surface area contributed by atoms with Gasteiger partial charge in [-0.05, 0) is 37.1 Å². The second-order valence-corrected chi connectivity index (χ2v) is 6.02. The Hall–Kier alpha value is -2.95. The Morgan fingerprint density at radius 3 is 3.00 bits per heavy atom. The van der Waals surface area contributed by atoms with Gasteiger partial charge in [-0.25, -0.2) is 4.98 Å². The second-order valence-electron chi connectivity index (χ2n) is 6.02. The number of pyridine rings is 1. The van der Waals surface area contributed by atoms with Crippen molar-refractivity contribution >= 4 is 27.9 Å². The standard InChI is InChI=1S/C19H19N5/c1-3-12(2)23-19-22-11-16-15(10-21-18(16)24-19)13-6-7-17-14(9-13)5-4-8-20-17/h4-12H,3H2,1-2H3,(H2,21,22,23,24). The lowest BCUT2D eigenvalue weighted by atomic mass is 10.0. The third-order valence-corrected chi connectivity index (χ3v) is 4.33. The number of hydrogen-bond donors (Lipinski definition) is 2. The highest BCUT2D eigenvalue weighted by Gasteiger charge is 2.10. The van der Waals surface area contributed by atoms with Crippen molar-refractivity contribution < 1.29 is 0 Å². The van der Waals surface area contributed by atoms with Crippen molar-refractivity contribution in [1.82, 2.24) is 19.9 Å². The number of aromatic nitrogens is 4. The molecule has 3 aromatic heterocycles. The molecule has 5 nitrogen and oxygen atoms in total. The Balaban J connectivity index is 1.76. The van der Waals surface area contributed by atoms with Gasteiger partial charge in [0.2, 0.25) is 5.95 Å². The molecule has 1 atom stereocenters. The Kier molecular flexibility index (Phi) is 3.61. The molecule has 0 saturated carbocycles. The average Bonchev–Trinajstić information content (AvgIpc) is 3.04. The van der Waals surface area contributed by atoms with E-state index in [1.165, 1.54) is 0 Å². The van der Waals surface area contributed by atoms with Crippen LogP contribution in [0.1, 0.15) is 20.3 Å². The van der Waals surface area contributed by atoms with Gasteiger partial charge < -0.3 is 10.3 Å². The molecule has 0 aliphatic heterocycles. The highest BCUT2D eigenvalue weighted by atomic mass is 15.1. The van der Waals surface area contributed by atoms with Crippen LogP contribution in [-0.4, -0.2) is 26.0 Å². The number of nitrogens with one attached hydrogen (secondary N) is 2. The highest BCUT2D eigenvalue weighted by Crippen LogP contribution is 2.29. The number of fused-ring (bicyclic) bond motifs is 2. The molecular formula is C19H19N5. The van der Waals surface area contributed by atoms with Crippen LogP contribution < -0.4 is 5.32 Å². The van der Waals surface area contributed by atoms with E-state index in [1.54, 1.807) is 0 Å². The fourth-order valence-corrected chi connectivity index (χ4v) is 2.78. The van der Waals surface area contributed by atoms with Crippen molar-refractivity contribution in [2.75, 3.05) is 5.32 Å². The zero-order valence-electron chi connectivity index (χ0n) is 13.7. The van der Waals surface area contributed by atoms with Crippen molar-refractivity contribution in [3.63, 3.8) is 0 Å². The molecule has 4 rings (SSSR count). The van der Waals surface area contributed by atoms with Crippen LogP contribution in [0.15, 0.2) is 48.9 Å². The first-order chi connectivity index (χ1) is 11.7. The van der Waals surface area contributed by atoms with Gasteiger partial charge in [-0.3, -0.25) is 4.98 Å². The zero-order chi connectivity index (χ0) is 16.5. The lowest BCUT2D eigenvalue weighted by Gasteiger charge is -2.10. The summed E-state index contributed by atoms with van der Waals surface area (Å²) in [5.41, 5.74) is 4.08. The number of anilines is 1. The minimum absolute atomic E-state index is 0.352. The molecule has 0 radical (unpaired) electrons. The van der Waals surface area contributed by atoms with Crippen LogP contribution in [0.4, 0.5) is 5.95 Å². The minimum Gasteiger partial charge on any atom is -0.352 e. The van der Waals surface area contributed by atoms with Gasteiger partial charge in [0, 0.05) is 41.0 Å². The van der Waals surface area contributed by atoms with E-state index in [-0.39, 0.29) is 0 Å². The third kappa shape index (κ3) is 2.58. The van der Waals surface area contributed by atoms with Crippen LogP contribution in [0, 0.1) is 0 Å². The summed E-state index contributed by atoms with van der Waals surface area (Å²) >= 11 is 0. The van der Waals surface area contributed by atoms with Crippen molar-refractivity contribution in [2.45, 2.75) is 26.3 Å². The average molecular weight is 317 g/mol. The second kappa shape index (κ2) is 5.92. The van der Waals surface area contributed by atoms with Gasteiger partial charge in [-0.15, -0.1) is 0 Å². The smallest absolute Gasteiger partial charge is 0.224 e. The molecule has 0 fully saturated rings. The van der Waals surface area contributed by atoms with Crippen LogP contribution in [0.25, 0.3) is 33.1 Å². The highest BCUT2D eigenvalue weighted by molar-refractivity contribution is 5.96. The SMILES string of the molecule is CCC(C)Nc1ncc2c(-c3ccc4ncccc4c3)c[nH]c2n1. The molecule has 0 bridgehead atoms. The predicted molar refractivity (Wildman–Crippen MR) is 98.0 cm³/mol. The van der Waals surface area contributed by atoms with E-state index in [0.717, 1.165) is 39.5 Å². The van der Waals surface area contributed by atoms with E-state index in [1.807, 2.05) is 30.7 Å². The fourth-order valence-electron chi connectivity index (χ4n) is 2.78. The molecule has 1 unspecified atom stereocenters. The molecule has 0 aliphatic carbocycles. The number of hydrogen-bond acceptors (Lipinski definition) is 4. The molecule has 2 N–H and O–H groups in total. The van der Waals surface area contributed by atoms with Gasteiger partial charge in [0.05, 0.1) is 5.52 Å². The van der Waals surface area contributed by atoms with Gasteiger partial charge >= 0.3 is 0 Å². The van der Waals surface area contributed by atoms with E-state index < -0.39 is 0 Å². The summed E-state index contributed by atoms with van der Waals surface area (Å²) in [6.45, 7) is 4.26. The van der Waals surface area contributed by atoms with E-state index in [0.29, 0.717) is 12.0 Å². The zero-order valence-corrected chi connectivity index (χ0v) is 13.7. The Bertz CT molecular complexity index is 1000. The van der Waals surface area contributed by atoms with E-state index in [4.69, 9.17) is 0 Å². The summed E-state index contributed by atoms with van der Waals surface area (Å²) in [5, 5.41) is 5.45. The van der Waals surface area contributed by atoms with Crippen LogP contribution in [0.2, 0.25) is 0 Å². The van der Waals surface area contributed by atoms with E-state index in [2.05, 4.69) is 57.3 Å². The van der Waals surface area contributed by atoms with Gasteiger partial charge in [0.15, 0.2) is 0 Å². The summed E-state index contributed by atoms with van der Waals surface area (Å²) in [6, 6.07) is 10.7. The lowest BCUT2D eigenvalue weighted by Crippen LogP contribution is -2.15. The topological polar surface area (TPSA) is 66.5 Å². The Morgan fingerprint density at radius 2 is 2.12 bits per heavy atom. The predicted octanol–water partition coefficient (Wildman–Crippen LogP) is 4.38. The van der Waals surface area contributed by atoms with Crippen molar-refractivity contribution in [3.05, 3.63) is 48.9 Å². The molecule has 3 heterocycles. The number of H-pyrrole nitrogens is 1. The van der Waals surface area contributed by atoms with Gasteiger partial charge in [0.1, 0.15) is 5.65 Å². The summed E-state index contributed by atoms with van der Waals surface area (Å²) in [6.07, 6.45) is 6.71. The van der Waals surface area contributed by atoms with Crippen LogP contribution in [-0.2, 0) is 0 Å². The van der Waals surface area contributed by atoms with Gasteiger partial charge in [-0.1, -0.05) is 19.1 Å². The van der Waals surface area contributed by atoms with Crippen LogP contribution in [0.5, 0.6) is 0 Å². The summed E-state index contributed by atoms with van der Waals surface area (Å²) in [5.74, 6) is 0.660. The van der Waals surface area contributed by atoms with Crippen molar-refractivity contribution in [3.8, 4) is 11.1 Å². The molecule has 0 saturated heterocycles. The molecular weight excluding hydrogens is 298 g/mol. The van der Waals surface area contributed by atoms with Crippen molar-refractivity contribution in [2.24, 2.45) is 0 Å². The summed E-state index contributed by atoms with van der Waals surface area (Å²) < 4.78 is 0. The maximum absolute atomic E-state index is 4.58. The number of aromatic amines is 1. The molecule has 4 aromatic rings. The van der Waals surface area contributed by atoms with Gasteiger partial charge in [0.25, 0.3) is 0 Å². The summed E-state index contributed by atoms with van der Waals surface area (Å²) in [4.78, 5) is 16.7. The first kappa shape index (κ1) is 14.6. The quantitative estimate of drug-likeness (QED) is 0.586. The molecule has 1 aromatic carbocycles. The van der Waals surface area contributed by atoms with Gasteiger partial charge in [-0.2, -0.15) is 4.98 Å². The maximum Gasteiger partial charge on any atom is 0.224 e. The number of nitrogens with zero attached hydrogens (tertiary/aromatic N) is 3. The maximum atomic E-state index is 4.58. The van der Waals surface area contributed by atoms with E-state index in [9.17, 15) is 0 Å². The Morgan fingerprint density at radius 1 is 1.21 bits per heavy atom. The first-order valence-electron chi connectivity index (χ1n) is 8.20. The van der Waals surface area contributed by atoms with Crippen LogP contribution >= 0.6 is 0 Å². The Labute approximate surface area is 140 Å². The molecule has 120 valence electrons. The molecule has 0 spiro atoms. The van der Waals surface area contributed by atoms with Crippen LogP contribution in [0.3, 0.4) is 0 Å². The molecule has 5 heteroatoms. The first-order valence-corrected chi connectivity index (χ1v) is 8.20. The normalized spacial score (nSPS) is 12.6. The molecule has 24 heavy (non-hydrogen) atoms. The molecule has 0 aliphatic rings. The van der Waals surface area contributed by atoms with E-state index >= 15 is 0 Å². The number of rotatable bonds is 4. The van der Waals surface area contributed by atoms with Crippen molar-refractivity contribution in [1.29, 1.82) is 0 Å². The number of benzene rings is 1. The lowest BCUT2D eigenvalue weighted by molar-refractivity contribution is 0.754. The third-order valence-electron chi connectivity index (χ3n) is 4.33. The summed E-state index contributed by atoms with van der Waals surface area (Å²) in [7, 11) is 0. The minimum atomic E-state index is 0.352. The largest absolute Gasteiger partial charge is 0.352 e.